The van der Waals surface area contributed by atoms with E-state index in [4.69, 9.17) is 0 Å². The Hall–Kier alpha value is -2.21. The first-order valence-corrected chi connectivity index (χ1v) is 6.19. The number of halogens is 1. The normalized spacial score (nSPS) is 10.6. The molecule has 0 radical (unpaired) electrons. The van der Waals surface area contributed by atoms with Crippen LogP contribution in [0.1, 0.15) is 16.1 Å². The minimum absolute atomic E-state index is 0.148. The molecule has 2 N–H and O–H groups in total. The second-order valence-corrected chi connectivity index (χ2v) is 4.48. The van der Waals surface area contributed by atoms with Gasteiger partial charge >= 0.3 is 0 Å². The van der Waals surface area contributed by atoms with Crippen molar-refractivity contribution in [2.45, 2.75) is 0 Å². The summed E-state index contributed by atoms with van der Waals surface area (Å²) in [7, 11) is 0. The minimum atomic E-state index is -0.380. The molecule has 0 unspecified atom stereocenters. The van der Waals surface area contributed by atoms with Crippen molar-refractivity contribution in [2.75, 3.05) is 0 Å². The highest BCUT2D eigenvalue weighted by Gasteiger charge is 2.03. The second kappa shape index (κ2) is 6.10. The van der Waals surface area contributed by atoms with Crippen molar-refractivity contribution >= 4 is 28.1 Å². The molecule has 96 valence electrons. The van der Waals surface area contributed by atoms with E-state index >= 15 is 0 Å². The monoisotopic (exact) mass is 319 g/mol. The Kier molecular flexibility index (Phi) is 4.25. The summed E-state index contributed by atoms with van der Waals surface area (Å²) in [5, 5.41) is 13.2. The lowest BCUT2D eigenvalue weighted by Gasteiger charge is -1.99. The molecule has 0 atom stereocenters. The Morgan fingerprint density at radius 3 is 2.89 bits per heavy atom. The van der Waals surface area contributed by atoms with E-state index in [1.807, 2.05) is 0 Å². The lowest BCUT2D eigenvalue weighted by molar-refractivity contribution is 0.0950. The van der Waals surface area contributed by atoms with E-state index in [-0.39, 0.29) is 11.7 Å². The first-order chi connectivity index (χ1) is 9.16. The average molecular weight is 320 g/mol. The summed E-state index contributed by atoms with van der Waals surface area (Å²) in [6.07, 6.45) is 3.01. The molecule has 1 amide bonds. The number of phenolic OH excluding ortho intramolecular Hbond substituents is 1. The third-order valence-electron chi connectivity index (χ3n) is 2.25. The number of aromatic hydroxyl groups is 1. The maximum Gasteiger partial charge on any atom is 0.289 e. The standard InChI is InChI=1S/C13H10BrN3O2/c14-10-7-9(4-5-12(10)18)8-16-17-13(19)11-3-1-2-6-15-11/h1-8,18H,(H,17,19). The number of pyridine rings is 1. The maximum absolute atomic E-state index is 11.6. The summed E-state index contributed by atoms with van der Waals surface area (Å²) in [6, 6.07) is 9.95. The van der Waals surface area contributed by atoms with Gasteiger partial charge in [0.25, 0.3) is 5.91 Å². The number of nitrogens with zero attached hydrogens (tertiary/aromatic N) is 2. The van der Waals surface area contributed by atoms with E-state index in [1.54, 1.807) is 30.3 Å². The number of hydrogen-bond donors (Lipinski definition) is 2. The Morgan fingerprint density at radius 2 is 2.21 bits per heavy atom. The van der Waals surface area contributed by atoms with Crippen molar-refractivity contribution in [3.05, 3.63) is 58.3 Å². The molecular formula is C13H10BrN3O2. The summed E-state index contributed by atoms with van der Waals surface area (Å²) in [5.41, 5.74) is 3.41. The van der Waals surface area contributed by atoms with Crippen LogP contribution in [0.3, 0.4) is 0 Å². The summed E-state index contributed by atoms with van der Waals surface area (Å²) in [4.78, 5) is 15.5. The third kappa shape index (κ3) is 3.62. The predicted molar refractivity (Wildman–Crippen MR) is 75.1 cm³/mol. The molecule has 2 aromatic rings. The molecule has 5 nitrogen and oxygen atoms in total. The molecule has 0 fully saturated rings. The maximum atomic E-state index is 11.6. The zero-order chi connectivity index (χ0) is 13.7. The van der Waals surface area contributed by atoms with Gasteiger partial charge in [0.2, 0.25) is 0 Å². The smallest absolute Gasteiger partial charge is 0.289 e. The van der Waals surface area contributed by atoms with Gasteiger partial charge in [-0.1, -0.05) is 6.07 Å². The lowest BCUT2D eigenvalue weighted by atomic mass is 10.2. The van der Waals surface area contributed by atoms with Gasteiger partial charge in [0.15, 0.2) is 0 Å². The molecule has 2 rings (SSSR count). The molecule has 1 aromatic carbocycles. The van der Waals surface area contributed by atoms with Crippen LogP contribution in [0, 0.1) is 0 Å². The van der Waals surface area contributed by atoms with Crippen molar-refractivity contribution in [1.82, 2.24) is 10.4 Å². The van der Waals surface area contributed by atoms with Gasteiger partial charge in [-0.3, -0.25) is 9.78 Å². The summed E-state index contributed by atoms with van der Waals surface area (Å²) in [6.45, 7) is 0. The third-order valence-corrected chi connectivity index (χ3v) is 2.88. The van der Waals surface area contributed by atoms with Crippen LogP contribution >= 0.6 is 15.9 Å². The molecule has 0 aliphatic heterocycles. The summed E-state index contributed by atoms with van der Waals surface area (Å²) in [5.74, 6) is -0.232. The zero-order valence-electron chi connectivity index (χ0n) is 9.75. The van der Waals surface area contributed by atoms with E-state index in [1.165, 1.54) is 18.5 Å². The number of benzene rings is 1. The van der Waals surface area contributed by atoms with Gasteiger partial charge in [-0.25, -0.2) is 5.43 Å². The van der Waals surface area contributed by atoms with E-state index < -0.39 is 0 Å². The van der Waals surface area contributed by atoms with Gasteiger partial charge in [-0.2, -0.15) is 5.10 Å². The summed E-state index contributed by atoms with van der Waals surface area (Å²) < 4.78 is 0.563. The van der Waals surface area contributed by atoms with E-state index in [9.17, 15) is 9.90 Å². The van der Waals surface area contributed by atoms with Gasteiger partial charge in [0, 0.05) is 6.20 Å². The molecule has 0 saturated heterocycles. The highest BCUT2D eigenvalue weighted by molar-refractivity contribution is 9.10. The highest BCUT2D eigenvalue weighted by atomic mass is 79.9. The molecule has 19 heavy (non-hydrogen) atoms. The largest absolute Gasteiger partial charge is 0.507 e. The van der Waals surface area contributed by atoms with Gasteiger partial charge < -0.3 is 5.11 Å². The SMILES string of the molecule is O=C(NN=Cc1ccc(O)c(Br)c1)c1ccccn1. The number of phenols is 1. The first kappa shape index (κ1) is 13.2. The van der Waals surface area contributed by atoms with Crippen LogP contribution in [0.15, 0.2) is 52.2 Å². The molecule has 1 aromatic heterocycles. The zero-order valence-corrected chi connectivity index (χ0v) is 11.3. The molecule has 0 bridgehead atoms. The Labute approximate surface area is 118 Å². The molecule has 0 saturated carbocycles. The van der Waals surface area contributed by atoms with Crippen LogP contribution in [-0.4, -0.2) is 22.2 Å². The van der Waals surface area contributed by atoms with Gasteiger partial charge in [-0.05, 0) is 51.8 Å². The van der Waals surface area contributed by atoms with Crippen LogP contribution in [0.4, 0.5) is 0 Å². The fourth-order valence-corrected chi connectivity index (χ4v) is 1.72. The number of carbonyl (C=O) groups is 1. The van der Waals surface area contributed by atoms with Crippen LogP contribution < -0.4 is 5.43 Å². The molecule has 1 heterocycles. The number of aromatic nitrogens is 1. The predicted octanol–water partition coefficient (Wildman–Crippen LogP) is 2.31. The quantitative estimate of drug-likeness (QED) is 0.673. The molecule has 0 aliphatic carbocycles. The van der Waals surface area contributed by atoms with Crippen molar-refractivity contribution in [3.8, 4) is 5.75 Å². The number of hydrogen-bond acceptors (Lipinski definition) is 4. The van der Waals surface area contributed by atoms with E-state index in [2.05, 4.69) is 31.4 Å². The lowest BCUT2D eigenvalue weighted by Crippen LogP contribution is -2.18. The fraction of sp³-hybridized carbons (Fsp3) is 0. The van der Waals surface area contributed by atoms with Gasteiger partial charge in [0.1, 0.15) is 11.4 Å². The van der Waals surface area contributed by atoms with Gasteiger partial charge in [-0.15, -0.1) is 0 Å². The minimum Gasteiger partial charge on any atom is -0.507 e. The summed E-state index contributed by atoms with van der Waals surface area (Å²) >= 11 is 3.19. The number of hydrazone groups is 1. The fourth-order valence-electron chi connectivity index (χ4n) is 1.32. The van der Waals surface area contributed by atoms with Crippen LogP contribution in [0.2, 0.25) is 0 Å². The number of nitrogens with one attached hydrogen (secondary N) is 1. The van der Waals surface area contributed by atoms with Gasteiger partial charge in [0.05, 0.1) is 10.7 Å². The van der Waals surface area contributed by atoms with Crippen LogP contribution in [0.25, 0.3) is 0 Å². The first-order valence-electron chi connectivity index (χ1n) is 5.40. The Bertz CT molecular complexity index is 615. The number of amides is 1. The number of carbonyl (C=O) groups excluding carboxylic acids is 1. The second-order valence-electron chi connectivity index (χ2n) is 3.62. The van der Waals surface area contributed by atoms with Crippen LogP contribution in [0.5, 0.6) is 5.75 Å². The van der Waals surface area contributed by atoms with Crippen molar-refractivity contribution in [3.63, 3.8) is 0 Å². The number of rotatable bonds is 3. The van der Waals surface area contributed by atoms with E-state index in [0.29, 0.717) is 10.2 Å². The van der Waals surface area contributed by atoms with Crippen molar-refractivity contribution < 1.29 is 9.90 Å². The van der Waals surface area contributed by atoms with Crippen molar-refractivity contribution in [1.29, 1.82) is 0 Å². The Morgan fingerprint density at radius 1 is 1.37 bits per heavy atom. The topological polar surface area (TPSA) is 74.6 Å². The van der Waals surface area contributed by atoms with Crippen LogP contribution in [-0.2, 0) is 0 Å². The van der Waals surface area contributed by atoms with E-state index in [0.717, 1.165) is 5.56 Å². The average Bonchev–Trinajstić information content (AvgIpc) is 2.43. The molecule has 6 heteroatoms. The molecule has 0 spiro atoms. The molecule has 0 aliphatic rings. The Balaban J connectivity index is 2.00. The van der Waals surface area contributed by atoms with Crippen molar-refractivity contribution in [2.24, 2.45) is 5.10 Å². The molecular weight excluding hydrogens is 310 g/mol. The highest BCUT2D eigenvalue weighted by Crippen LogP contribution is 2.23.